The van der Waals surface area contributed by atoms with Gasteiger partial charge in [0.05, 0.1) is 5.41 Å². The summed E-state index contributed by atoms with van der Waals surface area (Å²) < 4.78 is 25.8. The molecule has 0 heterocycles. The van der Waals surface area contributed by atoms with Gasteiger partial charge in [-0.1, -0.05) is 25.7 Å². The Kier molecular flexibility index (Phi) is 2.16. The van der Waals surface area contributed by atoms with E-state index in [1.807, 2.05) is 13.8 Å². The Morgan fingerprint density at radius 3 is 2.08 bits per heavy atom. The molecular formula is C10H14F2. The maximum absolute atomic E-state index is 12.9. The van der Waals surface area contributed by atoms with Crippen molar-refractivity contribution in [1.29, 1.82) is 0 Å². The van der Waals surface area contributed by atoms with Crippen molar-refractivity contribution in [2.45, 2.75) is 39.5 Å². The first-order valence-corrected chi connectivity index (χ1v) is 4.28. The quantitative estimate of drug-likeness (QED) is 0.533. The minimum absolute atomic E-state index is 0.185. The highest BCUT2D eigenvalue weighted by Gasteiger charge is 2.58. The first-order chi connectivity index (χ1) is 5.37. The van der Waals surface area contributed by atoms with Crippen molar-refractivity contribution in [3.05, 3.63) is 0 Å². The first-order valence-electron chi connectivity index (χ1n) is 4.28. The monoisotopic (exact) mass is 172 g/mol. The largest absolute Gasteiger partial charge is 0.261 e. The number of halogens is 2. The number of hydrogen-bond donors (Lipinski definition) is 0. The van der Waals surface area contributed by atoms with E-state index in [0.29, 0.717) is 12.8 Å². The van der Waals surface area contributed by atoms with Crippen LogP contribution in [0.3, 0.4) is 0 Å². The molecule has 1 aliphatic rings. The Balaban J connectivity index is 2.71. The van der Waals surface area contributed by atoms with E-state index in [4.69, 9.17) is 0 Å². The van der Waals surface area contributed by atoms with Crippen molar-refractivity contribution in [2.75, 3.05) is 0 Å². The summed E-state index contributed by atoms with van der Waals surface area (Å²) in [5, 5.41) is 0. The van der Waals surface area contributed by atoms with Gasteiger partial charge in [0.2, 0.25) is 0 Å². The fourth-order valence-electron chi connectivity index (χ4n) is 1.08. The van der Waals surface area contributed by atoms with E-state index in [9.17, 15) is 8.78 Å². The topological polar surface area (TPSA) is 0 Å². The molecule has 0 saturated heterocycles. The second-order valence-electron chi connectivity index (χ2n) is 3.89. The van der Waals surface area contributed by atoms with Crippen LogP contribution >= 0.6 is 0 Å². The van der Waals surface area contributed by atoms with Crippen LogP contribution in [0.5, 0.6) is 0 Å². The summed E-state index contributed by atoms with van der Waals surface area (Å²) in [5.74, 6) is 3.09. The molecule has 0 bridgehead atoms. The van der Waals surface area contributed by atoms with E-state index in [1.165, 1.54) is 0 Å². The van der Waals surface area contributed by atoms with E-state index >= 15 is 0 Å². The van der Waals surface area contributed by atoms with Crippen molar-refractivity contribution < 1.29 is 8.78 Å². The van der Waals surface area contributed by atoms with Gasteiger partial charge in [-0.3, -0.25) is 0 Å². The molecule has 1 aliphatic carbocycles. The lowest BCUT2D eigenvalue weighted by molar-refractivity contribution is -0.0295. The normalized spacial score (nSPS) is 20.2. The Morgan fingerprint density at radius 1 is 1.33 bits per heavy atom. The summed E-state index contributed by atoms with van der Waals surface area (Å²) in [6.45, 7) is 4.79. The highest BCUT2D eigenvalue weighted by atomic mass is 19.3. The van der Waals surface area contributed by atoms with Crippen LogP contribution in [-0.2, 0) is 0 Å². The van der Waals surface area contributed by atoms with Gasteiger partial charge in [-0.25, -0.2) is 8.78 Å². The summed E-state index contributed by atoms with van der Waals surface area (Å²) in [7, 11) is 0. The van der Waals surface area contributed by atoms with Crippen molar-refractivity contribution in [2.24, 2.45) is 11.3 Å². The molecule has 12 heavy (non-hydrogen) atoms. The average Bonchev–Trinajstić information content (AvgIpc) is 2.60. The number of hydrogen-bond acceptors (Lipinski definition) is 0. The summed E-state index contributed by atoms with van der Waals surface area (Å²) >= 11 is 0. The molecule has 0 aromatic carbocycles. The van der Waals surface area contributed by atoms with Crippen LogP contribution in [0.15, 0.2) is 0 Å². The minimum atomic E-state index is -2.63. The highest BCUT2D eigenvalue weighted by Crippen LogP contribution is 2.56. The fraction of sp³-hybridized carbons (Fsp3) is 0.800. The molecule has 1 rings (SSSR count). The first kappa shape index (κ1) is 9.51. The van der Waals surface area contributed by atoms with Crippen LogP contribution in [-0.4, -0.2) is 5.92 Å². The molecule has 0 radical (unpaired) electrons. The third-order valence-corrected chi connectivity index (χ3v) is 2.19. The average molecular weight is 172 g/mol. The zero-order valence-corrected chi connectivity index (χ0v) is 7.75. The molecule has 1 fully saturated rings. The van der Waals surface area contributed by atoms with Gasteiger partial charge in [0, 0.05) is 12.8 Å². The van der Waals surface area contributed by atoms with Gasteiger partial charge in [-0.15, -0.1) is 0 Å². The van der Waals surface area contributed by atoms with Gasteiger partial charge >= 0.3 is 0 Å². The van der Waals surface area contributed by atoms with E-state index < -0.39 is 11.3 Å². The SMILES string of the molecule is CC(C)C#CC1(C(C)(F)F)CC1. The van der Waals surface area contributed by atoms with Crippen LogP contribution in [0, 0.1) is 23.2 Å². The molecule has 0 aromatic rings. The third-order valence-electron chi connectivity index (χ3n) is 2.19. The molecule has 1 saturated carbocycles. The van der Waals surface area contributed by atoms with Crippen molar-refractivity contribution in [1.82, 2.24) is 0 Å². The molecule has 2 heteroatoms. The highest BCUT2D eigenvalue weighted by molar-refractivity contribution is 5.24. The van der Waals surface area contributed by atoms with Gasteiger partial charge in [0.1, 0.15) is 0 Å². The second kappa shape index (κ2) is 2.73. The molecule has 68 valence electrons. The van der Waals surface area contributed by atoms with Crippen molar-refractivity contribution in [3.63, 3.8) is 0 Å². The molecule has 0 aromatic heterocycles. The third kappa shape index (κ3) is 1.77. The lowest BCUT2D eigenvalue weighted by atomic mass is 9.99. The summed E-state index contributed by atoms with van der Waals surface area (Å²) in [4.78, 5) is 0. The molecule has 0 aliphatic heterocycles. The van der Waals surface area contributed by atoms with Crippen LogP contribution < -0.4 is 0 Å². The Bertz CT molecular complexity index is 220. The number of rotatable bonds is 1. The van der Waals surface area contributed by atoms with Crippen LogP contribution in [0.1, 0.15) is 33.6 Å². The smallest absolute Gasteiger partial charge is 0.205 e. The fourth-order valence-corrected chi connectivity index (χ4v) is 1.08. The Hall–Kier alpha value is -0.580. The van der Waals surface area contributed by atoms with Gasteiger partial charge in [0.15, 0.2) is 0 Å². The molecule has 0 amide bonds. The van der Waals surface area contributed by atoms with Gasteiger partial charge in [-0.05, 0) is 12.8 Å². The maximum Gasteiger partial charge on any atom is 0.261 e. The van der Waals surface area contributed by atoms with Gasteiger partial charge in [-0.2, -0.15) is 0 Å². The Labute approximate surface area is 72.3 Å². The molecule has 0 N–H and O–H groups in total. The molecule has 0 spiro atoms. The Morgan fingerprint density at radius 2 is 1.83 bits per heavy atom. The zero-order chi connectivity index (χ0) is 9.41. The van der Waals surface area contributed by atoms with Gasteiger partial charge in [0.25, 0.3) is 5.92 Å². The lowest BCUT2D eigenvalue weighted by Gasteiger charge is -2.16. The van der Waals surface area contributed by atoms with Crippen LogP contribution in [0.25, 0.3) is 0 Å². The number of alkyl halides is 2. The van der Waals surface area contributed by atoms with Crippen molar-refractivity contribution in [3.8, 4) is 11.8 Å². The van der Waals surface area contributed by atoms with Crippen LogP contribution in [0.2, 0.25) is 0 Å². The maximum atomic E-state index is 12.9. The predicted octanol–water partition coefficient (Wildman–Crippen LogP) is 3.08. The van der Waals surface area contributed by atoms with E-state index in [-0.39, 0.29) is 5.92 Å². The summed E-state index contributed by atoms with van der Waals surface area (Å²) in [6, 6.07) is 0. The van der Waals surface area contributed by atoms with Crippen LogP contribution in [0.4, 0.5) is 8.78 Å². The van der Waals surface area contributed by atoms with E-state index in [2.05, 4.69) is 11.8 Å². The van der Waals surface area contributed by atoms with Gasteiger partial charge < -0.3 is 0 Å². The molecule has 0 nitrogen and oxygen atoms in total. The van der Waals surface area contributed by atoms with E-state index in [1.54, 1.807) is 0 Å². The molecule has 0 atom stereocenters. The molecule has 0 unspecified atom stereocenters. The minimum Gasteiger partial charge on any atom is -0.205 e. The zero-order valence-electron chi connectivity index (χ0n) is 7.75. The van der Waals surface area contributed by atoms with E-state index in [0.717, 1.165) is 6.92 Å². The lowest BCUT2D eigenvalue weighted by Crippen LogP contribution is -2.24. The summed E-state index contributed by atoms with van der Waals surface area (Å²) in [5.41, 5.74) is -0.975. The predicted molar refractivity (Wildman–Crippen MR) is 44.9 cm³/mol. The molecular weight excluding hydrogens is 158 g/mol. The standard InChI is InChI=1S/C10H14F2/c1-8(2)4-5-10(6-7-10)9(3,11)12/h8H,6-7H2,1-3H3. The van der Waals surface area contributed by atoms with Crippen molar-refractivity contribution >= 4 is 0 Å². The second-order valence-corrected chi connectivity index (χ2v) is 3.89. The summed E-state index contributed by atoms with van der Waals surface area (Å²) in [6.07, 6.45) is 1.10.